The summed E-state index contributed by atoms with van der Waals surface area (Å²) >= 11 is 0. The number of para-hydroxylation sites is 2. The maximum absolute atomic E-state index is 11.8. The lowest BCUT2D eigenvalue weighted by Gasteiger charge is -2.11. The molecule has 2 aromatic rings. The average Bonchev–Trinajstić information content (AvgIpc) is 2.69. The van der Waals surface area contributed by atoms with Crippen LogP contribution in [-0.2, 0) is 16.0 Å². The zero-order valence-corrected chi connectivity index (χ0v) is 14.9. The van der Waals surface area contributed by atoms with Crippen LogP contribution in [0.25, 0.3) is 0 Å². The van der Waals surface area contributed by atoms with E-state index in [2.05, 4.69) is 10.6 Å². The SMILES string of the molecule is CCc1ccccc1OCC(=O)NCCNC(=O)COc1ccccc1. The van der Waals surface area contributed by atoms with Crippen LogP contribution in [0, 0.1) is 0 Å². The second kappa shape index (κ2) is 10.8. The molecule has 138 valence electrons. The number of nitrogens with one attached hydrogen (secondary N) is 2. The predicted octanol–water partition coefficient (Wildman–Crippen LogP) is 1.94. The number of carbonyl (C=O) groups is 2. The molecule has 0 aliphatic carbocycles. The Balaban J connectivity index is 1.57. The maximum Gasteiger partial charge on any atom is 0.258 e. The highest BCUT2D eigenvalue weighted by molar-refractivity contribution is 5.78. The van der Waals surface area contributed by atoms with E-state index in [0.29, 0.717) is 18.8 Å². The molecule has 0 fully saturated rings. The molecule has 0 radical (unpaired) electrons. The highest BCUT2D eigenvalue weighted by atomic mass is 16.5. The molecule has 2 amide bonds. The third kappa shape index (κ3) is 6.84. The van der Waals surface area contributed by atoms with E-state index in [-0.39, 0.29) is 25.0 Å². The quantitative estimate of drug-likeness (QED) is 0.638. The number of carbonyl (C=O) groups excluding carboxylic acids is 2. The second-order valence-electron chi connectivity index (χ2n) is 5.55. The summed E-state index contributed by atoms with van der Waals surface area (Å²) in [4.78, 5) is 23.5. The number of benzene rings is 2. The van der Waals surface area contributed by atoms with E-state index < -0.39 is 0 Å². The van der Waals surface area contributed by atoms with Crippen molar-refractivity contribution >= 4 is 11.8 Å². The standard InChI is InChI=1S/C20H24N2O4/c1-2-16-8-6-7-11-18(16)26-15-20(24)22-13-12-21-19(23)14-25-17-9-4-3-5-10-17/h3-11H,2,12-15H2,1H3,(H,21,23)(H,22,24). The molecule has 0 heterocycles. The van der Waals surface area contributed by atoms with Gasteiger partial charge in [-0.1, -0.05) is 43.3 Å². The van der Waals surface area contributed by atoms with Gasteiger partial charge in [0.2, 0.25) is 0 Å². The summed E-state index contributed by atoms with van der Waals surface area (Å²) in [5.41, 5.74) is 1.06. The number of ether oxygens (including phenoxy) is 2. The summed E-state index contributed by atoms with van der Waals surface area (Å²) < 4.78 is 10.9. The molecule has 0 aliphatic heterocycles. The fourth-order valence-corrected chi connectivity index (χ4v) is 2.25. The van der Waals surface area contributed by atoms with Crippen LogP contribution >= 0.6 is 0 Å². The molecule has 0 aromatic heterocycles. The van der Waals surface area contributed by atoms with Gasteiger partial charge in [-0.05, 0) is 30.2 Å². The van der Waals surface area contributed by atoms with Crippen molar-refractivity contribution in [3.63, 3.8) is 0 Å². The highest BCUT2D eigenvalue weighted by Gasteiger charge is 2.06. The van der Waals surface area contributed by atoms with E-state index in [0.717, 1.165) is 17.7 Å². The van der Waals surface area contributed by atoms with Crippen LogP contribution in [0.2, 0.25) is 0 Å². The topological polar surface area (TPSA) is 76.7 Å². The molecule has 0 unspecified atom stereocenters. The zero-order valence-electron chi connectivity index (χ0n) is 14.9. The second-order valence-corrected chi connectivity index (χ2v) is 5.55. The van der Waals surface area contributed by atoms with Gasteiger partial charge in [0.1, 0.15) is 11.5 Å². The molecular formula is C20H24N2O4. The third-order valence-electron chi connectivity index (χ3n) is 3.59. The number of hydrogen-bond acceptors (Lipinski definition) is 4. The lowest BCUT2D eigenvalue weighted by molar-refractivity contribution is -0.124. The van der Waals surface area contributed by atoms with Crippen LogP contribution in [0.15, 0.2) is 54.6 Å². The van der Waals surface area contributed by atoms with Crippen LogP contribution < -0.4 is 20.1 Å². The van der Waals surface area contributed by atoms with Gasteiger partial charge in [-0.15, -0.1) is 0 Å². The van der Waals surface area contributed by atoms with Gasteiger partial charge >= 0.3 is 0 Å². The first-order chi connectivity index (χ1) is 12.7. The Hall–Kier alpha value is -3.02. The average molecular weight is 356 g/mol. The van der Waals surface area contributed by atoms with Gasteiger partial charge in [0, 0.05) is 13.1 Å². The number of aryl methyl sites for hydroxylation is 1. The largest absolute Gasteiger partial charge is 0.484 e. The van der Waals surface area contributed by atoms with Crippen LogP contribution in [0.5, 0.6) is 11.5 Å². The monoisotopic (exact) mass is 356 g/mol. The predicted molar refractivity (Wildman–Crippen MR) is 99.3 cm³/mol. The molecule has 0 atom stereocenters. The van der Waals surface area contributed by atoms with Crippen molar-refractivity contribution in [3.8, 4) is 11.5 Å². The van der Waals surface area contributed by atoms with E-state index in [1.54, 1.807) is 12.1 Å². The first-order valence-electron chi connectivity index (χ1n) is 8.61. The Bertz CT molecular complexity index is 704. The zero-order chi connectivity index (χ0) is 18.6. The molecule has 26 heavy (non-hydrogen) atoms. The van der Waals surface area contributed by atoms with Crippen molar-refractivity contribution in [1.82, 2.24) is 10.6 Å². The minimum Gasteiger partial charge on any atom is -0.484 e. The Morgan fingerprint density at radius 2 is 1.38 bits per heavy atom. The van der Waals surface area contributed by atoms with Gasteiger partial charge in [0.05, 0.1) is 0 Å². The van der Waals surface area contributed by atoms with E-state index in [1.807, 2.05) is 49.4 Å². The van der Waals surface area contributed by atoms with E-state index in [4.69, 9.17) is 9.47 Å². The molecule has 6 nitrogen and oxygen atoms in total. The molecule has 2 N–H and O–H groups in total. The summed E-state index contributed by atoms with van der Waals surface area (Å²) in [5, 5.41) is 5.38. The Labute approximate surface area is 153 Å². The normalized spacial score (nSPS) is 10.0. The highest BCUT2D eigenvalue weighted by Crippen LogP contribution is 2.17. The molecule has 0 aliphatic rings. The minimum absolute atomic E-state index is 0.0535. The van der Waals surface area contributed by atoms with Gasteiger partial charge < -0.3 is 20.1 Å². The molecule has 0 saturated carbocycles. The van der Waals surface area contributed by atoms with Crippen molar-refractivity contribution in [2.75, 3.05) is 26.3 Å². The van der Waals surface area contributed by atoms with Gasteiger partial charge in [-0.2, -0.15) is 0 Å². The Morgan fingerprint density at radius 1 is 0.808 bits per heavy atom. The number of rotatable bonds is 10. The third-order valence-corrected chi connectivity index (χ3v) is 3.59. The number of amides is 2. The number of hydrogen-bond donors (Lipinski definition) is 2. The molecular weight excluding hydrogens is 332 g/mol. The summed E-state index contributed by atoms with van der Waals surface area (Å²) in [5.74, 6) is 0.888. The molecule has 0 saturated heterocycles. The van der Waals surface area contributed by atoms with Crippen LogP contribution in [-0.4, -0.2) is 38.1 Å². The molecule has 0 spiro atoms. The first kappa shape index (κ1) is 19.3. The van der Waals surface area contributed by atoms with Crippen LogP contribution in [0.3, 0.4) is 0 Å². The van der Waals surface area contributed by atoms with Crippen LogP contribution in [0.4, 0.5) is 0 Å². The molecule has 2 rings (SSSR count). The molecule has 0 bridgehead atoms. The summed E-state index contributed by atoms with van der Waals surface area (Å²) in [6.07, 6.45) is 0.842. The van der Waals surface area contributed by atoms with Crippen molar-refractivity contribution in [2.45, 2.75) is 13.3 Å². The Morgan fingerprint density at radius 3 is 2.04 bits per heavy atom. The van der Waals surface area contributed by atoms with Crippen molar-refractivity contribution < 1.29 is 19.1 Å². The molecule has 6 heteroatoms. The van der Waals surface area contributed by atoms with E-state index >= 15 is 0 Å². The lowest BCUT2D eigenvalue weighted by atomic mass is 10.1. The van der Waals surface area contributed by atoms with Gasteiger partial charge in [0.15, 0.2) is 13.2 Å². The van der Waals surface area contributed by atoms with Gasteiger partial charge in [-0.25, -0.2) is 0 Å². The van der Waals surface area contributed by atoms with Crippen LogP contribution in [0.1, 0.15) is 12.5 Å². The fraction of sp³-hybridized carbons (Fsp3) is 0.300. The lowest BCUT2D eigenvalue weighted by Crippen LogP contribution is -2.38. The van der Waals surface area contributed by atoms with E-state index in [1.165, 1.54) is 0 Å². The van der Waals surface area contributed by atoms with Crippen molar-refractivity contribution in [2.24, 2.45) is 0 Å². The molecule has 2 aromatic carbocycles. The van der Waals surface area contributed by atoms with Gasteiger partial charge in [0.25, 0.3) is 11.8 Å². The minimum atomic E-state index is -0.240. The Kier molecular flexibility index (Phi) is 7.99. The first-order valence-corrected chi connectivity index (χ1v) is 8.61. The smallest absolute Gasteiger partial charge is 0.258 e. The summed E-state index contributed by atoms with van der Waals surface area (Å²) in [6, 6.07) is 16.7. The van der Waals surface area contributed by atoms with Crippen molar-refractivity contribution in [3.05, 3.63) is 60.2 Å². The maximum atomic E-state index is 11.8. The van der Waals surface area contributed by atoms with Gasteiger partial charge in [-0.3, -0.25) is 9.59 Å². The van der Waals surface area contributed by atoms with E-state index in [9.17, 15) is 9.59 Å². The fourth-order valence-electron chi connectivity index (χ4n) is 2.25. The summed E-state index contributed by atoms with van der Waals surface area (Å²) in [7, 11) is 0. The summed E-state index contributed by atoms with van der Waals surface area (Å²) in [6.45, 7) is 2.58. The van der Waals surface area contributed by atoms with Crippen molar-refractivity contribution in [1.29, 1.82) is 0 Å².